The molecular weight excluding hydrogens is 698 g/mol. The number of fused-ring (bicyclic) bond motifs is 6. The second kappa shape index (κ2) is 12.4. The summed E-state index contributed by atoms with van der Waals surface area (Å²) in [4.78, 5) is 0. The maximum atomic E-state index is 5.06. The third-order valence-electron chi connectivity index (χ3n) is 10.8. The van der Waals surface area contributed by atoms with Gasteiger partial charge in [-0.15, -0.1) is 0 Å². The van der Waals surface area contributed by atoms with Gasteiger partial charge in [-0.25, -0.2) is 0 Å². The van der Waals surface area contributed by atoms with Gasteiger partial charge in [0.25, 0.3) is 0 Å². The molecule has 2 heterocycles. The Hall–Kier alpha value is -5.93. The average Bonchev–Trinajstić information content (AvgIpc) is 3.77. The van der Waals surface area contributed by atoms with Crippen LogP contribution in [0.5, 0.6) is 0 Å². The van der Waals surface area contributed by atoms with Gasteiger partial charge in [0.15, 0.2) is 0 Å². The van der Waals surface area contributed by atoms with E-state index in [4.69, 9.17) is 10.2 Å². The van der Waals surface area contributed by atoms with Crippen LogP contribution in [-0.4, -0.2) is 29.9 Å². The predicted molar refractivity (Wildman–Crippen MR) is 217 cm³/mol. The topological polar surface area (TPSA) is 38.7 Å². The van der Waals surface area contributed by atoms with E-state index in [0.29, 0.717) is 0 Å². The molecule has 3 nitrogen and oxygen atoms in total. The molecule has 0 saturated heterocycles. The first-order chi connectivity index (χ1) is 25.7. The molecule has 1 aliphatic rings. The molecule has 2 aromatic heterocycles. The summed E-state index contributed by atoms with van der Waals surface area (Å²) in [6.07, 6.45) is 0.861. The number of aromatic nitrogens is 3. The molecule has 9 aromatic rings. The van der Waals surface area contributed by atoms with Crippen LogP contribution in [0.2, 0.25) is 0 Å². The Labute approximate surface area is 309 Å². The van der Waals surface area contributed by atoms with E-state index in [9.17, 15) is 0 Å². The summed E-state index contributed by atoms with van der Waals surface area (Å²) in [6, 6.07) is 54.9. The van der Waals surface area contributed by atoms with Crippen molar-refractivity contribution in [3.8, 4) is 67.0 Å². The van der Waals surface area contributed by atoms with E-state index in [1.54, 1.807) is 0 Å². The van der Waals surface area contributed by atoms with E-state index >= 15 is 0 Å². The summed E-state index contributed by atoms with van der Waals surface area (Å²) >= 11 is 0.236. The third kappa shape index (κ3) is 4.83. The molecule has 10 rings (SSSR count). The normalized spacial score (nSPS) is 12.0. The molecule has 0 fully saturated rings. The molecule has 0 N–H and O–H groups in total. The number of rotatable bonds is 5. The first kappa shape index (κ1) is 30.9. The van der Waals surface area contributed by atoms with Crippen LogP contribution >= 0.6 is 0 Å². The number of benzene rings is 7. The van der Waals surface area contributed by atoms with Crippen LogP contribution in [0.25, 0.3) is 86.3 Å². The van der Waals surface area contributed by atoms with Crippen LogP contribution in [0.3, 0.4) is 0 Å². The van der Waals surface area contributed by atoms with Gasteiger partial charge in [0.2, 0.25) is 0 Å². The zero-order valence-corrected chi connectivity index (χ0v) is 30.6. The first-order valence-electron chi connectivity index (χ1n) is 17.8. The van der Waals surface area contributed by atoms with Gasteiger partial charge in [-0.1, -0.05) is 12.1 Å². The van der Waals surface area contributed by atoms with E-state index in [-0.39, 0.29) is 14.5 Å². The van der Waals surface area contributed by atoms with Gasteiger partial charge in [-0.3, -0.25) is 0 Å². The Bertz CT molecular complexity index is 2840. The van der Waals surface area contributed by atoms with Crippen LogP contribution in [0.15, 0.2) is 152 Å². The van der Waals surface area contributed by atoms with E-state index in [1.165, 1.54) is 80.5 Å². The Morgan fingerprint density at radius 3 is 1.96 bits per heavy atom. The molecule has 52 heavy (non-hydrogen) atoms. The van der Waals surface area contributed by atoms with Crippen molar-refractivity contribution in [1.82, 2.24) is 15.4 Å². The summed E-state index contributed by atoms with van der Waals surface area (Å²) in [5.41, 5.74) is 18.6. The summed E-state index contributed by atoms with van der Waals surface area (Å²) in [6.45, 7) is 4.50. The molecule has 0 bridgehead atoms. The molecule has 0 radical (unpaired) electrons. The van der Waals surface area contributed by atoms with Crippen molar-refractivity contribution in [2.24, 2.45) is 0 Å². The molecule has 1 aliphatic carbocycles. The zero-order chi connectivity index (χ0) is 34.8. The van der Waals surface area contributed by atoms with Gasteiger partial charge >= 0.3 is 298 Å². The van der Waals surface area contributed by atoms with E-state index in [1.807, 2.05) is 0 Å². The monoisotopic (exact) mass is 731 g/mol. The fourth-order valence-corrected chi connectivity index (χ4v) is 10.7. The number of nitrogens with zero attached hydrogens (tertiary/aromatic N) is 3. The minimum absolute atomic E-state index is 0.236. The fourth-order valence-electron chi connectivity index (χ4n) is 8.29. The first-order valence-corrected chi connectivity index (χ1v) is 19.5. The van der Waals surface area contributed by atoms with Gasteiger partial charge in [0.1, 0.15) is 0 Å². The van der Waals surface area contributed by atoms with E-state index in [2.05, 4.69) is 171 Å². The standard InChI is InChI=1S/C48H33N3Se/c1-29-27-39-34-20-10-9-19-33(34)28-40(39)43(30(29)2)46-47(32-17-7-4-8-18-32)49-51-50-48(46)38-24-13-22-35(31-15-5-3-6-16-31)44(38)37-23-14-26-42-45(37)36-21-11-12-25-41(36)52-42/h3-27H,28H2,1-2H3. The van der Waals surface area contributed by atoms with Crippen molar-refractivity contribution in [1.29, 1.82) is 0 Å². The molecule has 0 atom stereocenters. The van der Waals surface area contributed by atoms with E-state index < -0.39 is 0 Å². The van der Waals surface area contributed by atoms with Gasteiger partial charge in [0, 0.05) is 0 Å². The van der Waals surface area contributed by atoms with Crippen molar-refractivity contribution < 1.29 is 0 Å². The average molecular weight is 731 g/mol. The Kier molecular flexibility index (Phi) is 7.35. The van der Waals surface area contributed by atoms with Gasteiger partial charge in [-0.2, -0.15) is 0 Å². The van der Waals surface area contributed by atoms with Crippen molar-refractivity contribution in [2.75, 3.05) is 0 Å². The molecular formula is C48H33N3Se. The molecule has 0 aliphatic heterocycles. The summed E-state index contributed by atoms with van der Waals surface area (Å²) in [7, 11) is 0. The molecule has 7 aromatic carbocycles. The quantitative estimate of drug-likeness (QED) is 0.166. The third-order valence-corrected chi connectivity index (χ3v) is 13.1. The van der Waals surface area contributed by atoms with Gasteiger partial charge < -0.3 is 0 Å². The van der Waals surface area contributed by atoms with Crippen LogP contribution in [0, 0.1) is 13.8 Å². The molecule has 4 heteroatoms. The molecule has 0 amide bonds. The van der Waals surface area contributed by atoms with Crippen LogP contribution < -0.4 is 0 Å². The molecule has 0 unspecified atom stereocenters. The Morgan fingerprint density at radius 1 is 0.481 bits per heavy atom. The van der Waals surface area contributed by atoms with Crippen molar-refractivity contribution >= 4 is 33.8 Å². The van der Waals surface area contributed by atoms with Gasteiger partial charge in [-0.05, 0) is 0 Å². The van der Waals surface area contributed by atoms with Crippen molar-refractivity contribution in [2.45, 2.75) is 20.3 Å². The molecule has 0 spiro atoms. The predicted octanol–water partition coefficient (Wildman–Crippen LogP) is 11.8. The minimum atomic E-state index is 0.236. The second-order valence-electron chi connectivity index (χ2n) is 13.7. The Morgan fingerprint density at radius 2 is 1.12 bits per heavy atom. The number of aryl methyl sites for hydroxylation is 1. The second-order valence-corrected chi connectivity index (χ2v) is 15.9. The number of hydrogen-bond donors (Lipinski definition) is 0. The molecule has 0 saturated carbocycles. The van der Waals surface area contributed by atoms with Gasteiger partial charge in [0.05, 0.1) is 0 Å². The van der Waals surface area contributed by atoms with Crippen LogP contribution in [-0.2, 0) is 6.42 Å². The zero-order valence-electron chi connectivity index (χ0n) is 28.9. The summed E-state index contributed by atoms with van der Waals surface area (Å²) in [5, 5.41) is 17.1. The Balaban J connectivity index is 1.36. The maximum absolute atomic E-state index is 5.06. The van der Waals surface area contributed by atoms with Crippen molar-refractivity contribution in [3.05, 3.63) is 174 Å². The summed E-state index contributed by atoms with van der Waals surface area (Å²) in [5.74, 6) is 0. The molecule has 246 valence electrons. The number of hydrogen-bond acceptors (Lipinski definition) is 3. The summed E-state index contributed by atoms with van der Waals surface area (Å²) < 4.78 is 2.84. The van der Waals surface area contributed by atoms with Crippen molar-refractivity contribution in [3.63, 3.8) is 0 Å². The fraction of sp³-hybridized carbons (Fsp3) is 0.0625. The SMILES string of the molecule is Cc1cc2c(c(-c3c(-c4ccccc4)nnnc3-c3cccc(-c4ccccc4)c3-c3cccc4[se]c5ccccc5c34)c1C)Cc1ccccc1-2. The van der Waals surface area contributed by atoms with Crippen LogP contribution in [0.4, 0.5) is 0 Å². The van der Waals surface area contributed by atoms with E-state index in [0.717, 1.165) is 34.5 Å². The van der Waals surface area contributed by atoms with Crippen LogP contribution in [0.1, 0.15) is 22.3 Å².